The zero-order valence-corrected chi connectivity index (χ0v) is 25.5. The first-order valence-electron chi connectivity index (χ1n) is 16.0. The largest absolute Gasteiger partial charge is 0.363 e. The molecule has 3 N–H and O–H groups in total. The van der Waals surface area contributed by atoms with Crippen LogP contribution in [0.15, 0.2) is 47.5 Å². The molecule has 2 saturated heterocycles. The van der Waals surface area contributed by atoms with Gasteiger partial charge in [-0.15, -0.1) is 0 Å². The number of carbonyl (C=O) groups is 5. The van der Waals surface area contributed by atoms with E-state index in [-0.39, 0.29) is 17.7 Å². The van der Waals surface area contributed by atoms with E-state index in [9.17, 15) is 24.0 Å². The average molecular weight is 602 g/mol. The van der Waals surface area contributed by atoms with Crippen molar-refractivity contribution in [1.29, 1.82) is 0 Å². The van der Waals surface area contributed by atoms with Crippen LogP contribution in [0.4, 0.5) is 0 Å². The van der Waals surface area contributed by atoms with E-state index < -0.39 is 41.5 Å². The molecule has 3 fully saturated rings. The standard InChI is InChI=1S/C34H43N5O5/c1-22(30(40)31(35)41)36-33(43)29-20-27(38-16-8-3-9-17-38)21-39(29)34(44)28(18-23-10-4-2-5-11-23)37-32(42)26-15-14-24-12-6-7-13-25(24)19-26/h6-7,12-15,19,22-23,27,29H,2-5,8-11,16-18,20-21H2,1H3,(H2,35,41)(H,36,43)/t22?,27-,29+/m1/s1. The van der Waals surface area contributed by atoms with Crippen molar-refractivity contribution in [3.05, 3.63) is 48.0 Å². The molecule has 0 radical (unpaired) electrons. The van der Waals surface area contributed by atoms with Crippen LogP contribution in [0, 0.1) is 5.92 Å². The minimum atomic E-state index is -1.13. The summed E-state index contributed by atoms with van der Waals surface area (Å²) in [6.07, 6.45) is 9.24. The number of ketones is 1. The van der Waals surface area contributed by atoms with Crippen molar-refractivity contribution < 1.29 is 24.0 Å². The second-order valence-corrected chi connectivity index (χ2v) is 12.6. The SMILES string of the molecule is CC(NC(=O)[C@@H]1C[C@@H](N2CCCCC2)CN1C(=O)C(CC1CCCCC1)=NC(=O)c1ccc2ccccc2c1)C(=O)C(N)=O. The normalized spacial score (nSPS) is 22.5. The van der Waals surface area contributed by atoms with Gasteiger partial charge in [-0.3, -0.25) is 28.9 Å². The molecular formula is C34H43N5O5. The topological polar surface area (TPSA) is 142 Å². The van der Waals surface area contributed by atoms with Crippen molar-refractivity contribution >= 4 is 45.9 Å². The number of rotatable bonds is 9. The predicted octanol–water partition coefficient (Wildman–Crippen LogP) is 3.41. The van der Waals surface area contributed by atoms with Crippen LogP contribution < -0.4 is 11.1 Å². The number of hydrogen-bond donors (Lipinski definition) is 2. The first kappa shape index (κ1) is 31.5. The number of benzene rings is 2. The lowest BCUT2D eigenvalue weighted by molar-refractivity contribution is -0.139. The number of piperidine rings is 1. The molecule has 10 nitrogen and oxygen atoms in total. The molecule has 3 atom stereocenters. The molecule has 0 aromatic heterocycles. The lowest BCUT2D eigenvalue weighted by atomic mass is 9.85. The highest BCUT2D eigenvalue weighted by molar-refractivity contribution is 6.41. The lowest BCUT2D eigenvalue weighted by Crippen LogP contribution is -2.52. The van der Waals surface area contributed by atoms with Crippen LogP contribution in [0.2, 0.25) is 0 Å². The number of amides is 4. The third kappa shape index (κ3) is 7.41. The van der Waals surface area contributed by atoms with Crippen molar-refractivity contribution in [2.24, 2.45) is 16.6 Å². The van der Waals surface area contributed by atoms with E-state index in [1.807, 2.05) is 30.3 Å². The molecule has 3 aliphatic rings. The van der Waals surface area contributed by atoms with E-state index in [0.717, 1.165) is 75.2 Å². The van der Waals surface area contributed by atoms with Gasteiger partial charge in [0.2, 0.25) is 11.7 Å². The molecule has 10 heteroatoms. The first-order valence-corrected chi connectivity index (χ1v) is 16.0. The summed E-state index contributed by atoms with van der Waals surface area (Å²) >= 11 is 0. The molecular weight excluding hydrogens is 558 g/mol. The Labute approximate surface area is 258 Å². The van der Waals surface area contributed by atoms with Gasteiger partial charge in [0.1, 0.15) is 11.8 Å². The summed E-state index contributed by atoms with van der Waals surface area (Å²) in [6.45, 7) is 3.51. The molecule has 234 valence electrons. The summed E-state index contributed by atoms with van der Waals surface area (Å²) in [5.74, 6) is -3.21. The second kappa shape index (κ2) is 14.2. The number of hydrogen-bond acceptors (Lipinski definition) is 6. The number of fused-ring (bicyclic) bond motifs is 1. The zero-order chi connectivity index (χ0) is 31.2. The third-order valence-corrected chi connectivity index (χ3v) is 9.43. The molecule has 1 saturated carbocycles. The van der Waals surface area contributed by atoms with E-state index >= 15 is 0 Å². The van der Waals surface area contributed by atoms with Gasteiger partial charge in [0.15, 0.2) is 0 Å². The van der Waals surface area contributed by atoms with Crippen LogP contribution in [0.5, 0.6) is 0 Å². The Morgan fingerprint density at radius 1 is 0.932 bits per heavy atom. The van der Waals surface area contributed by atoms with Crippen molar-refractivity contribution in [1.82, 2.24) is 15.1 Å². The van der Waals surface area contributed by atoms with Gasteiger partial charge in [-0.2, -0.15) is 0 Å². The number of primary amides is 1. The van der Waals surface area contributed by atoms with Gasteiger partial charge in [-0.1, -0.05) is 68.9 Å². The van der Waals surface area contributed by atoms with Crippen LogP contribution in [0.3, 0.4) is 0 Å². The minimum Gasteiger partial charge on any atom is -0.363 e. The fourth-order valence-electron chi connectivity index (χ4n) is 6.94. The van der Waals surface area contributed by atoms with Gasteiger partial charge < -0.3 is 16.0 Å². The quantitative estimate of drug-likeness (QED) is 0.333. The molecule has 44 heavy (non-hydrogen) atoms. The van der Waals surface area contributed by atoms with Crippen molar-refractivity contribution in [2.45, 2.75) is 89.3 Å². The molecule has 4 amide bonds. The Kier molecular flexibility index (Phi) is 10.2. The maximum Gasteiger partial charge on any atom is 0.287 e. The number of likely N-dealkylation sites (tertiary alicyclic amines) is 2. The molecule has 0 bridgehead atoms. The van der Waals surface area contributed by atoms with Crippen LogP contribution in [0.25, 0.3) is 10.8 Å². The summed E-state index contributed by atoms with van der Waals surface area (Å²) in [6, 6.07) is 11.1. The Morgan fingerprint density at radius 3 is 2.32 bits per heavy atom. The smallest absolute Gasteiger partial charge is 0.287 e. The van der Waals surface area contributed by atoms with Crippen LogP contribution in [-0.2, 0) is 19.2 Å². The number of nitrogens with zero attached hydrogens (tertiary/aromatic N) is 3. The average Bonchev–Trinajstić information content (AvgIpc) is 3.50. The van der Waals surface area contributed by atoms with Gasteiger partial charge >= 0.3 is 0 Å². The fourth-order valence-corrected chi connectivity index (χ4v) is 6.94. The Morgan fingerprint density at radius 2 is 1.61 bits per heavy atom. The second-order valence-electron chi connectivity index (χ2n) is 12.6. The van der Waals surface area contributed by atoms with Gasteiger partial charge in [0, 0.05) is 18.2 Å². The molecule has 1 aliphatic carbocycles. The van der Waals surface area contributed by atoms with Gasteiger partial charge in [0.05, 0.1) is 6.04 Å². The maximum atomic E-state index is 14.4. The summed E-state index contributed by atoms with van der Waals surface area (Å²) in [7, 11) is 0. The maximum absolute atomic E-state index is 14.4. The van der Waals surface area contributed by atoms with Gasteiger partial charge in [-0.25, -0.2) is 4.99 Å². The van der Waals surface area contributed by atoms with E-state index in [4.69, 9.17) is 5.73 Å². The molecule has 0 spiro atoms. The number of nitrogens with one attached hydrogen (secondary N) is 1. The van der Waals surface area contributed by atoms with Gasteiger partial charge in [-0.05, 0) is 74.5 Å². The van der Waals surface area contributed by atoms with Crippen LogP contribution in [0.1, 0.15) is 81.5 Å². The van der Waals surface area contributed by atoms with E-state index in [2.05, 4.69) is 15.2 Å². The van der Waals surface area contributed by atoms with Crippen LogP contribution >= 0.6 is 0 Å². The Balaban J connectivity index is 1.44. The number of carbonyl (C=O) groups excluding carboxylic acids is 5. The first-order chi connectivity index (χ1) is 21.2. The molecule has 2 heterocycles. The fraction of sp³-hybridized carbons (Fsp3) is 0.529. The molecule has 2 aromatic rings. The monoisotopic (exact) mass is 601 g/mol. The van der Waals surface area contributed by atoms with Crippen molar-refractivity contribution in [3.8, 4) is 0 Å². The number of nitrogens with two attached hydrogens (primary N) is 1. The zero-order valence-electron chi connectivity index (χ0n) is 25.5. The van der Waals surface area contributed by atoms with Gasteiger partial charge in [0.25, 0.3) is 17.7 Å². The third-order valence-electron chi connectivity index (χ3n) is 9.43. The highest BCUT2D eigenvalue weighted by atomic mass is 16.2. The molecule has 2 aliphatic heterocycles. The molecule has 5 rings (SSSR count). The Hall–Kier alpha value is -3.92. The van der Waals surface area contributed by atoms with Crippen molar-refractivity contribution in [2.75, 3.05) is 19.6 Å². The predicted molar refractivity (Wildman–Crippen MR) is 168 cm³/mol. The lowest BCUT2D eigenvalue weighted by Gasteiger charge is -2.32. The van der Waals surface area contributed by atoms with E-state index in [0.29, 0.717) is 24.9 Å². The summed E-state index contributed by atoms with van der Waals surface area (Å²) in [5.41, 5.74) is 5.73. The van der Waals surface area contributed by atoms with Crippen molar-refractivity contribution in [3.63, 3.8) is 0 Å². The molecule has 1 unspecified atom stereocenters. The van der Waals surface area contributed by atoms with E-state index in [1.165, 1.54) is 11.8 Å². The number of aliphatic imine (C=N–C) groups is 1. The number of Topliss-reactive ketones (excluding diaryl/α,β-unsaturated/α-hetero) is 1. The highest BCUT2D eigenvalue weighted by Crippen LogP contribution is 2.30. The summed E-state index contributed by atoms with van der Waals surface area (Å²) < 4.78 is 0. The molecule has 2 aromatic carbocycles. The van der Waals surface area contributed by atoms with E-state index in [1.54, 1.807) is 12.1 Å². The summed E-state index contributed by atoms with van der Waals surface area (Å²) in [5, 5.41) is 4.52. The minimum absolute atomic E-state index is 0.0377. The highest BCUT2D eigenvalue weighted by Gasteiger charge is 2.44. The summed E-state index contributed by atoms with van der Waals surface area (Å²) in [4.78, 5) is 73.4. The Bertz CT molecular complexity index is 1440. The van der Waals surface area contributed by atoms with Crippen LogP contribution in [-0.4, -0.2) is 82.7 Å².